The molecule has 3 rings (SSSR count). The van der Waals surface area contributed by atoms with Crippen LogP contribution in [0.3, 0.4) is 0 Å². The van der Waals surface area contributed by atoms with Crippen LogP contribution >= 0.6 is 0 Å². The average Bonchev–Trinajstić information content (AvgIpc) is 3.05. The number of likely N-dealkylation sites (tertiary alicyclic amines) is 1. The quantitative estimate of drug-likeness (QED) is 0.598. The Morgan fingerprint density at radius 2 is 2.14 bits per heavy atom. The third-order valence-corrected chi connectivity index (χ3v) is 4.17. The van der Waals surface area contributed by atoms with Gasteiger partial charge in [0.1, 0.15) is 5.82 Å². The third-order valence-electron chi connectivity index (χ3n) is 4.17. The molecule has 114 valence electrons. The molecule has 0 bridgehead atoms. The molecule has 2 fully saturated rings. The molecule has 3 heterocycles. The van der Waals surface area contributed by atoms with Crippen LogP contribution in [-0.2, 0) is 4.74 Å². The van der Waals surface area contributed by atoms with Gasteiger partial charge in [-0.05, 0) is 18.6 Å². The molecule has 2 saturated heterocycles. The van der Waals surface area contributed by atoms with Gasteiger partial charge in [0.15, 0.2) is 0 Å². The molecular formula is C14H21N5O2. The van der Waals surface area contributed by atoms with Crippen LogP contribution in [0.4, 0.5) is 5.82 Å². The summed E-state index contributed by atoms with van der Waals surface area (Å²) >= 11 is 0. The summed E-state index contributed by atoms with van der Waals surface area (Å²) in [6.07, 6.45) is 2.60. The van der Waals surface area contributed by atoms with E-state index in [1.54, 1.807) is 18.3 Å². The van der Waals surface area contributed by atoms with Crippen molar-refractivity contribution in [3.05, 3.63) is 23.9 Å². The van der Waals surface area contributed by atoms with Gasteiger partial charge < -0.3 is 15.1 Å². The zero-order valence-electron chi connectivity index (χ0n) is 12.0. The minimum atomic E-state index is 0.0434. The number of morpholine rings is 1. The number of ether oxygens (including phenoxy) is 1. The molecule has 0 radical (unpaired) electrons. The van der Waals surface area contributed by atoms with Crippen LogP contribution in [-0.4, -0.2) is 66.1 Å². The lowest BCUT2D eigenvalue weighted by molar-refractivity contribution is 0.0185. The number of nitrogens with two attached hydrogens (primary N) is 1. The number of carbonyl (C=O) groups excluding carboxylic acids is 1. The highest BCUT2D eigenvalue weighted by Crippen LogP contribution is 2.19. The van der Waals surface area contributed by atoms with E-state index in [0.29, 0.717) is 17.4 Å². The first-order valence-electron chi connectivity index (χ1n) is 7.31. The van der Waals surface area contributed by atoms with Crippen molar-refractivity contribution < 1.29 is 9.53 Å². The van der Waals surface area contributed by atoms with Crippen LogP contribution < -0.4 is 11.3 Å². The molecule has 2 aliphatic heterocycles. The van der Waals surface area contributed by atoms with Gasteiger partial charge >= 0.3 is 0 Å². The summed E-state index contributed by atoms with van der Waals surface area (Å²) in [6.45, 7) is 5.10. The Bertz CT molecular complexity index is 487. The number of aromatic nitrogens is 1. The monoisotopic (exact) mass is 291 g/mol. The van der Waals surface area contributed by atoms with E-state index in [1.165, 1.54) is 0 Å². The molecule has 1 amide bonds. The highest BCUT2D eigenvalue weighted by Gasteiger charge is 2.31. The molecule has 0 aliphatic carbocycles. The zero-order chi connectivity index (χ0) is 14.7. The molecule has 1 atom stereocenters. The number of carbonyl (C=O) groups is 1. The van der Waals surface area contributed by atoms with Crippen molar-refractivity contribution in [2.75, 3.05) is 44.8 Å². The second-order valence-corrected chi connectivity index (χ2v) is 5.42. The minimum absolute atomic E-state index is 0.0434. The molecule has 0 spiro atoms. The van der Waals surface area contributed by atoms with E-state index in [-0.39, 0.29) is 5.91 Å². The smallest absolute Gasteiger partial charge is 0.255 e. The maximum absolute atomic E-state index is 12.5. The van der Waals surface area contributed by atoms with Crippen LogP contribution in [0, 0.1) is 0 Å². The molecule has 3 N–H and O–H groups in total. The largest absolute Gasteiger partial charge is 0.379 e. The molecule has 0 saturated carbocycles. The lowest BCUT2D eigenvalue weighted by Gasteiger charge is -2.32. The summed E-state index contributed by atoms with van der Waals surface area (Å²) < 4.78 is 5.38. The first kappa shape index (κ1) is 14.2. The fourth-order valence-corrected chi connectivity index (χ4v) is 2.96. The Morgan fingerprint density at radius 1 is 1.33 bits per heavy atom. The van der Waals surface area contributed by atoms with Crippen molar-refractivity contribution in [1.82, 2.24) is 14.8 Å². The van der Waals surface area contributed by atoms with Crippen molar-refractivity contribution in [1.29, 1.82) is 0 Å². The molecule has 1 aromatic rings. The van der Waals surface area contributed by atoms with Crippen molar-refractivity contribution in [3.8, 4) is 0 Å². The maximum atomic E-state index is 12.5. The maximum Gasteiger partial charge on any atom is 0.255 e. The minimum Gasteiger partial charge on any atom is -0.379 e. The van der Waals surface area contributed by atoms with E-state index < -0.39 is 0 Å². The van der Waals surface area contributed by atoms with Crippen molar-refractivity contribution >= 4 is 11.7 Å². The molecule has 0 aromatic carbocycles. The van der Waals surface area contributed by atoms with Crippen LogP contribution in [0.15, 0.2) is 18.3 Å². The Hall–Kier alpha value is -1.70. The predicted molar refractivity (Wildman–Crippen MR) is 78.7 cm³/mol. The molecule has 7 nitrogen and oxygen atoms in total. The van der Waals surface area contributed by atoms with Gasteiger partial charge in [0.05, 0.1) is 18.8 Å². The first-order chi connectivity index (χ1) is 10.3. The van der Waals surface area contributed by atoms with Crippen LogP contribution in [0.5, 0.6) is 0 Å². The van der Waals surface area contributed by atoms with Gasteiger partial charge in [0.2, 0.25) is 0 Å². The predicted octanol–water partition coefficient (Wildman–Crippen LogP) is -0.0861. The number of pyridine rings is 1. The van der Waals surface area contributed by atoms with E-state index in [9.17, 15) is 4.79 Å². The standard InChI is InChI=1S/C14H21N5O2/c15-17-13-2-1-11(9-16-13)14(20)19-4-3-12(10-19)18-5-7-21-8-6-18/h1-2,9,12H,3-8,10,15H2,(H,16,17). The lowest BCUT2D eigenvalue weighted by atomic mass is 10.2. The van der Waals surface area contributed by atoms with Gasteiger partial charge in [0.25, 0.3) is 5.91 Å². The van der Waals surface area contributed by atoms with Crippen LogP contribution in [0.25, 0.3) is 0 Å². The van der Waals surface area contributed by atoms with Gasteiger partial charge in [-0.1, -0.05) is 0 Å². The summed E-state index contributed by atoms with van der Waals surface area (Å²) in [6, 6.07) is 3.92. The molecular weight excluding hydrogens is 270 g/mol. The lowest BCUT2D eigenvalue weighted by Crippen LogP contribution is -2.45. The number of nitrogens with zero attached hydrogens (tertiary/aromatic N) is 3. The van der Waals surface area contributed by atoms with E-state index in [0.717, 1.165) is 45.8 Å². The number of amides is 1. The highest BCUT2D eigenvalue weighted by atomic mass is 16.5. The zero-order valence-corrected chi connectivity index (χ0v) is 12.0. The fourth-order valence-electron chi connectivity index (χ4n) is 2.96. The van der Waals surface area contributed by atoms with Crippen molar-refractivity contribution in [2.24, 2.45) is 5.84 Å². The van der Waals surface area contributed by atoms with Gasteiger partial charge in [0, 0.05) is 38.4 Å². The molecule has 21 heavy (non-hydrogen) atoms. The Kier molecular flexibility index (Phi) is 4.33. The number of rotatable bonds is 3. The van der Waals surface area contributed by atoms with Crippen LogP contribution in [0.2, 0.25) is 0 Å². The number of nitrogen functional groups attached to an aromatic ring is 1. The number of hydrogen-bond donors (Lipinski definition) is 2. The Balaban J connectivity index is 1.60. The van der Waals surface area contributed by atoms with Crippen molar-refractivity contribution in [2.45, 2.75) is 12.5 Å². The number of hydrogen-bond acceptors (Lipinski definition) is 6. The topological polar surface area (TPSA) is 83.7 Å². The summed E-state index contributed by atoms with van der Waals surface area (Å²) in [4.78, 5) is 20.9. The molecule has 7 heteroatoms. The molecule has 2 aliphatic rings. The molecule has 1 unspecified atom stereocenters. The van der Waals surface area contributed by atoms with Gasteiger partial charge in [-0.3, -0.25) is 9.69 Å². The number of nitrogens with one attached hydrogen (secondary N) is 1. The second-order valence-electron chi connectivity index (χ2n) is 5.42. The second kappa shape index (κ2) is 6.38. The number of anilines is 1. The molecule has 1 aromatic heterocycles. The number of hydrazine groups is 1. The van der Waals surface area contributed by atoms with Gasteiger partial charge in [-0.25, -0.2) is 10.8 Å². The summed E-state index contributed by atoms with van der Waals surface area (Å²) in [5, 5.41) is 0. The van der Waals surface area contributed by atoms with E-state index in [4.69, 9.17) is 10.6 Å². The average molecular weight is 291 g/mol. The summed E-state index contributed by atoms with van der Waals surface area (Å²) in [5.74, 6) is 5.87. The normalized spacial score (nSPS) is 23.3. The highest BCUT2D eigenvalue weighted by molar-refractivity contribution is 5.94. The third kappa shape index (κ3) is 3.15. The van der Waals surface area contributed by atoms with Gasteiger partial charge in [-0.15, -0.1) is 0 Å². The SMILES string of the molecule is NNc1ccc(C(=O)N2CCC(N3CCOCC3)C2)cn1. The van der Waals surface area contributed by atoms with Crippen molar-refractivity contribution in [3.63, 3.8) is 0 Å². The van der Waals surface area contributed by atoms with Crippen LogP contribution in [0.1, 0.15) is 16.8 Å². The first-order valence-corrected chi connectivity index (χ1v) is 7.31. The fraction of sp³-hybridized carbons (Fsp3) is 0.571. The van der Waals surface area contributed by atoms with E-state index in [2.05, 4.69) is 15.3 Å². The summed E-state index contributed by atoms with van der Waals surface area (Å²) in [5.41, 5.74) is 3.07. The Morgan fingerprint density at radius 3 is 2.81 bits per heavy atom. The van der Waals surface area contributed by atoms with E-state index >= 15 is 0 Å². The Labute approximate surface area is 124 Å². The summed E-state index contributed by atoms with van der Waals surface area (Å²) in [7, 11) is 0. The van der Waals surface area contributed by atoms with Gasteiger partial charge in [-0.2, -0.15) is 0 Å². The van der Waals surface area contributed by atoms with E-state index in [1.807, 2.05) is 4.90 Å².